The molecule has 0 bridgehead atoms. The van der Waals surface area contributed by atoms with E-state index in [9.17, 15) is 4.79 Å². The Labute approximate surface area is 95.0 Å². The van der Waals surface area contributed by atoms with Crippen LogP contribution in [0.15, 0.2) is 18.2 Å². The Morgan fingerprint density at radius 2 is 2.23 bits per heavy atom. The summed E-state index contributed by atoms with van der Waals surface area (Å²) in [7, 11) is 0. The van der Waals surface area contributed by atoms with E-state index in [2.05, 4.69) is 22.6 Å². The highest BCUT2D eigenvalue weighted by Crippen LogP contribution is 2.22. The Kier molecular flexibility index (Phi) is 3.99. The summed E-state index contributed by atoms with van der Waals surface area (Å²) in [6, 6.07) is 5.55. The smallest absolute Gasteiger partial charge is 0.303 e. The number of benzene rings is 1. The van der Waals surface area contributed by atoms with Gasteiger partial charge in [0.15, 0.2) is 0 Å². The predicted octanol–water partition coefficient (Wildman–Crippen LogP) is 2.96. The third-order valence-electron chi connectivity index (χ3n) is 1.65. The van der Waals surface area contributed by atoms with Gasteiger partial charge in [-0.05, 0) is 46.7 Å². The maximum Gasteiger partial charge on any atom is 0.303 e. The van der Waals surface area contributed by atoms with Crippen LogP contribution in [-0.4, -0.2) is 11.1 Å². The Morgan fingerprint density at radius 3 is 2.77 bits per heavy atom. The molecule has 1 aromatic rings. The van der Waals surface area contributed by atoms with E-state index in [0.29, 0.717) is 11.4 Å². The lowest BCUT2D eigenvalue weighted by Gasteiger charge is -2.04. The predicted molar refractivity (Wildman–Crippen MR) is 60.1 cm³/mol. The molecule has 1 aromatic carbocycles. The van der Waals surface area contributed by atoms with Crippen molar-refractivity contribution in [3.63, 3.8) is 0 Å². The molecular weight excluding hydrogens is 302 g/mol. The van der Waals surface area contributed by atoms with E-state index in [0.717, 1.165) is 9.13 Å². The summed E-state index contributed by atoms with van der Waals surface area (Å²) in [5.41, 5.74) is 0.923. The van der Waals surface area contributed by atoms with Crippen molar-refractivity contribution < 1.29 is 9.90 Å². The summed E-state index contributed by atoms with van der Waals surface area (Å²) in [5, 5.41) is 9.16. The summed E-state index contributed by atoms with van der Waals surface area (Å²) >= 11 is 8.07. The van der Waals surface area contributed by atoms with Gasteiger partial charge in [0.25, 0.3) is 0 Å². The quantitative estimate of drug-likeness (QED) is 0.872. The molecule has 4 heteroatoms. The summed E-state index contributed by atoms with van der Waals surface area (Å²) in [6.45, 7) is 0. The lowest BCUT2D eigenvalue weighted by molar-refractivity contribution is -0.136. The molecule has 0 heterocycles. The summed E-state index contributed by atoms with van der Waals surface area (Å²) in [4.78, 5) is 10.3. The third kappa shape index (κ3) is 3.15. The SMILES string of the molecule is O=C(O)CCc1c(Cl)cccc1I. The van der Waals surface area contributed by atoms with E-state index in [4.69, 9.17) is 16.7 Å². The first-order chi connectivity index (χ1) is 6.11. The lowest BCUT2D eigenvalue weighted by Crippen LogP contribution is -1.99. The van der Waals surface area contributed by atoms with Crippen molar-refractivity contribution >= 4 is 40.2 Å². The van der Waals surface area contributed by atoms with Crippen molar-refractivity contribution in [3.8, 4) is 0 Å². The molecule has 2 nitrogen and oxygen atoms in total. The first-order valence-electron chi connectivity index (χ1n) is 3.76. The number of aliphatic carboxylic acids is 1. The van der Waals surface area contributed by atoms with Crippen molar-refractivity contribution in [1.82, 2.24) is 0 Å². The highest BCUT2D eigenvalue weighted by molar-refractivity contribution is 14.1. The van der Waals surface area contributed by atoms with Crippen LogP contribution < -0.4 is 0 Å². The Bertz CT molecular complexity index is 305. The van der Waals surface area contributed by atoms with Gasteiger partial charge in [-0.25, -0.2) is 0 Å². The normalized spacial score (nSPS) is 10.0. The molecule has 0 unspecified atom stereocenters. The molecule has 0 amide bonds. The van der Waals surface area contributed by atoms with E-state index in [1.807, 2.05) is 12.1 Å². The van der Waals surface area contributed by atoms with Crippen molar-refractivity contribution in [2.45, 2.75) is 12.8 Å². The molecule has 0 aliphatic heterocycles. The lowest BCUT2D eigenvalue weighted by atomic mass is 10.1. The molecule has 13 heavy (non-hydrogen) atoms. The van der Waals surface area contributed by atoms with Crippen molar-refractivity contribution in [2.24, 2.45) is 0 Å². The third-order valence-corrected chi connectivity index (χ3v) is 3.02. The monoisotopic (exact) mass is 310 g/mol. The van der Waals surface area contributed by atoms with Crippen molar-refractivity contribution in [2.75, 3.05) is 0 Å². The molecule has 0 aromatic heterocycles. The topological polar surface area (TPSA) is 37.3 Å². The molecule has 1 rings (SSSR count). The van der Waals surface area contributed by atoms with E-state index in [1.165, 1.54) is 0 Å². The highest BCUT2D eigenvalue weighted by atomic mass is 127. The fraction of sp³-hybridized carbons (Fsp3) is 0.222. The van der Waals surface area contributed by atoms with Gasteiger partial charge >= 0.3 is 5.97 Å². The Morgan fingerprint density at radius 1 is 1.54 bits per heavy atom. The Hall–Kier alpha value is -0.290. The van der Waals surface area contributed by atoms with Crippen LogP contribution in [0, 0.1) is 3.57 Å². The average Bonchev–Trinajstić information content (AvgIpc) is 2.03. The second kappa shape index (κ2) is 4.81. The second-order valence-electron chi connectivity index (χ2n) is 2.59. The van der Waals surface area contributed by atoms with Gasteiger partial charge in [-0.2, -0.15) is 0 Å². The number of hydrogen-bond donors (Lipinski definition) is 1. The minimum Gasteiger partial charge on any atom is -0.481 e. The molecule has 0 radical (unpaired) electrons. The zero-order valence-corrected chi connectivity index (χ0v) is 9.67. The van der Waals surface area contributed by atoms with Crippen molar-refractivity contribution in [3.05, 3.63) is 32.4 Å². The minimum absolute atomic E-state index is 0.125. The average molecular weight is 311 g/mol. The highest BCUT2D eigenvalue weighted by Gasteiger charge is 2.06. The van der Waals surface area contributed by atoms with Gasteiger partial charge in [0.1, 0.15) is 0 Å². The van der Waals surface area contributed by atoms with Crippen LogP contribution in [0.3, 0.4) is 0 Å². The number of hydrogen-bond acceptors (Lipinski definition) is 1. The van der Waals surface area contributed by atoms with Crippen molar-refractivity contribution in [1.29, 1.82) is 0 Å². The van der Waals surface area contributed by atoms with Crippen LogP contribution in [0.5, 0.6) is 0 Å². The maximum atomic E-state index is 10.3. The molecule has 0 atom stereocenters. The summed E-state index contributed by atoms with van der Waals surface area (Å²) in [5.74, 6) is -0.796. The summed E-state index contributed by atoms with van der Waals surface area (Å²) in [6.07, 6.45) is 0.618. The first-order valence-corrected chi connectivity index (χ1v) is 5.21. The molecule has 1 N–H and O–H groups in total. The number of halogens is 2. The fourth-order valence-corrected chi connectivity index (χ4v) is 2.20. The molecule has 0 aliphatic rings. The van der Waals surface area contributed by atoms with Crippen LogP contribution in [0.1, 0.15) is 12.0 Å². The standard InChI is InChI=1S/C9H8ClIO2/c10-7-2-1-3-8(11)6(7)4-5-9(12)13/h1-3H,4-5H2,(H,12,13). The first kappa shape index (κ1) is 10.8. The molecule has 70 valence electrons. The van der Waals surface area contributed by atoms with E-state index >= 15 is 0 Å². The molecule has 0 saturated heterocycles. The van der Waals surface area contributed by atoms with Crippen LogP contribution in [0.25, 0.3) is 0 Å². The number of carboxylic acids is 1. The van der Waals surface area contributed by atoms with E-state index in [1.54, 1.807) is 6.07 Å². The largest absolute Gasteiger partial charge is 0.481 e. The van der Waals surface area contributed by atoms with Gasteiger partial charge in [0, 0.05) is 15.0 Å². The van der Waals surface area contributed by atoms with Gasteiger partial charge in [0.2, 0.25) is 0 Å². The molecule has 0 saturated carbocycles. The second-order valence-corrected chi connectivity index (χ2v) is 4.16. The number of rotatable bonds is 3. The van der Waals surface area contributed by atoms with Gasteiger partial charge in [-0.15, -0.1) is 0 Å². The zero-order chi connectivity index (χ0) is 9.84. The van der Waals surface area contributed by atoms with E-state index in [-0.39, 0.29) is 6.42 Å². The van der Waals surface area contributed by atoms with Gasteiger partial charge in [-0.3, -0.25) is 4.79 Å². The van der Waals surface area contributed by atoms with Gasteiger partial charge < -0.3 is 5.11 Å². The minimum atomic E-state index is -0.796. The number of carbonyl (C=O) groups is 1. The number of carboxylic acid groups (broad SMARTS) is 1. The van der Waals surface area contributed by atoms with E-state index < -0.39 is 5.97 Å². The van der Waals surface area contributed by atoms with Crippen LogP contribution in [-0.2, 0) is 11.2 Å². The molecular formula is C9H8ClIO2. The molecule has 0 spiro atoms. The Balaban J connectivity index is 2.81. The summed E-state index contributed by atoms with van der Waals surface area (Å²) < 4.78 is 1.02. The van der Waals surface area contributed by atoms with Gasteiger partial charge in [-0.1, -0.05) is 17.7 Å². The van der Waals surface area contributed by atoms with Crippen LogP contribution >= 0.6 is 34.2 Å². The van der Waals surface area contributed by atoms with Crippen LogP contribution in [0.2, 0.25) is 5.02 Å². The fourth-order valence-electron chi connectivity index (χ4n) is 1.00. The molecule has 0 fully saturated rings. The molecule has 0 aliphatic carbocycles. The maximum absolute atomic E-state index is 10.3. The van der Waals surface area contributed by atoms with Gasteiger partial charge in [0.05, 0.1) is 0 Å². The van der Waals surface area contributed by atoms with Crippen LogP contribution in [0.4, 0.5) is 0 Å². The zero-order valence-electron chi connectivity index (χ0n) is 6.76.